The van der Waals surface area contributed by atoms with Crippen molar-refractivity contribution in [2.75, 3.05) is 17.4 Å². The molecule has 5 heteroatoms. The van der Waals surface area contributed by atoms with Gasteiger partial charge in [-0.15, -0.1) is 11.8 Å². The quantitative estimate of drug-likeness (QED) is 0.552. The second-order valence-electron chi connectivity index (χ2n) is 1.89. The van der Waals surface area contributed by atoms with Crippen LogP contribution in [0, 0.1) is 0 Å². The van der Waals surface area contributed by atoms with Crippen LogP contribution in [0.25, 0.3) is 0 Å². The van der Waals surface area contributed by atoms with Gasteiger partial charge in [-0.05, 0) is 12.2 Å². The van der Waals surface area contributed by atoms with E-state index in [1.807, 2.05) is 0 Å². The fourth-order valence-corrected chi connectivity index (χ4v) is 3.10. The maximum Gasteiger partial charge on any atom is 0.220 e. The van der Waals surface area contributed by atoms with Gasteiger partial charge >= 0.3 is 0 Å². The van der Waals surface area contributed by atoms with Gasteiger partial charge in [0.15, 0.2) is 0 Å². The van der Waals surface area contributed by atoms with E-state index in [9.17, 15) is 8.42 Å². The van der Waals surface area contributed by atoms with E-state index in [1.54, 1.807) is 0 Å². The first-order valence-electron chi connectivity index (χ1n) is 2.76. The third-order valence-electron chi connectivity index (χ3n) is 1.03. The van der Waals surface area contributed by atoms with Crippen LogP contribution in [-0.4, -0.2) is 25.8 Å². The molecule has 1 fully saturated rings. The van der Waals surface area contributed by atoms with Crippen LogP contribution in [0.15, 0.2) is 0 Å². The van der Waals surface area contributed by atoms with Crippen molar-refractivity contribution >= 4 is 21.8 Å². The molecule has 1 heterocycles. The van der Waals surface area contributed by atoms with Crippen molar-refractivity contribution in [2.45, 2.75) is 6.42 Å². The van der Waals surface area contributed by atoms with Crippen molar-refractivity contribution in [3.05, 3.63) is 0 Å². The molecule has 0 amide bonds. The SMILES string of the molecule is O=S1(=O)CSCCCN1. The molecule has 0 aromatic heterocycles. The maximum absolute atomic E-state index is 10.7. The lowest BCUT2D eigenvalue weighted by Crippen LogP contribution is -2.23. The standard InChI is InChI=1S/C4H9NO2S2/c6-9(7)4-8-3-1-2-5-9/h5H,1-4H2. The van der Waals surface area contributed by atoms with E-state index in [0.717, 1.165) is 12.2 Å². The molecule has 9 heavy (non-hydrogen) atoms. The molecule has 0 atom stereocenters. The zero-order chi connectivity index (χ0) is 6.74. The van der Waals surface area contributed by atoms with Crippen LogP contribution in [0.2, 0.25) is 0 Å². The van der Waals surface area contributed by atoms with Crippen molar-refractivity contribution < 1.29 is 8.42 Å². The highest BCUT2D eigenvalue weighted by Gasteiger charge is 2.11. The van der Waals surface area contributed by atoms with E-state index in [-0.39, 0.29) is 5.08 Å². The maximum atomic E-state index is 10.7. The first-order chi connectivity index (χ1) is 4.21. The first-order valence-corrected chi connectivity index (χ1v) is 5.56. The molecule has 54 valence electrons. The highest BCUT2D eigenvalue weighted by Crippen LogP contribution is 2.08. The van der Waals surface area contributed by atoms with E-state index in [4.69, 9.17) is 0 Å². The average Bonchev–Trinajstić information content (AvgIpc) is 1.92. The molecule has 1 aliphatic heterocycles. The Balaban J connectivity index is 2.56. The topological polar surface area (TPSA) is 46.2 Å². The first kappa shape index (κ1) is 7.37. The Morgan fingerprint density at radius 1 is 1.44 bits per heavy atom. The van der Waals surface area contributed by atoms with Gasteiger partial charge in [0.1, 0.15) is 5.08 Å². The number of hydrogen-bond acceptors (Lipinski definition) is 3. The van der Waals surface area contributed by atoms with Crippen LogP contribution in [0.1, 0.15) is 6.42 Å². The van der Waals surface area contributed by atoms with Gasteiger partial charge in [0.2, 0.25) is 10.0 Å². The summed E-state index contributed by atoms with van der Waals surface area (Å²) in [7, 11) is -2.91. The summed E-state index contributed by atoms with van der Waals surface area (Å²) in [5.74, 6) is 0.951. The van der Waals surface area contributed by atoms with Crippen LogP contribution >= 0.6 is 11.8 Å². The van der Waals surface area contributed by atoms with Gasteiger partial charge in [-0.2, -0.15) is 0 Å². The molecule has 1 saturated heterocycles. The van der Waals surface area contributed by atoms with Gasteiger partial charge in [0.25, 0.3) is 0 Å². The largest absolute Gasteiger partial charge is 0.220 e. The third-order valence-corrected chi connectivity index (χ3v) is 4.16. The molecule has 0 aromatic rings. The number of hydrogen-bond donors (Lipinski definition) is 1. The number of thioether (sulfide) groups is 1. The summed E-state index contributed by atoms with van der Waals surface area (Å²) in [5, 5.41) is 0.229. The summed E-state index contributed by atoms with van der Waals surface area (Å²) in [6, 6.07) is 0. The predicted octanol–water partition coefficient (Wildman–Crippen LogP) is 0.000200. The van der Waals surface area contributed by atoms with Crippen molar-refractivity contribution in [1.29, 1.82) is 0 Å². The van der Waals surface area contributed by atoms with Crippen molar-refractivity contribution in [3.8, 4) is 0 Å². The normalized spacial score (nSPS) is 27.1. The van der Waals surface area contributed by atoms with Crippen LogP contribution < -0.4 is 4.72 Å². The molecule has 1 N–H and O–H groups in total. The fraction of sp³-hybridized carbons (Fsp3) is 1.00. The lowest BCUT2D eigenvalue weighted by molar-refractivity contribution is 0.587. The minimum atomic E-state index is -2.91. The van der Waals surface area contributed by atoms with E-state index in [1.165, 1.54) is 11.8 Å². The smallest absolute Gasteiger partial charge is 0.214 e. The minimum Gasteiger partial charge on any atom is -0.214 e. The summed E-state index contributed by atoms with van der Waals surface area (Å²) < 4.78 is 23.9. The number of nitrogens with one attached hydrogen (secondary N) is 1. The lowest BCUT2D eigenvalue weighted by atomic mass is 10.5. The summed E-state index contributed by atoms with van der Waals surface area (Å²) in [4.78, 5) is 0. The van der Waals surface area contributed by atoms with Crippen molar-refractivity contribution in [1.82, 2.24) is 4.72 Å². The summed E-state index contributed by atoms with van der Waals surface area (Å²) in [6.45, 7) is 0.606. The van der Waals surface area contributed by atoms with Gasteiger partial charge in [0, 0.05) is 6.54 Å². The second kappa shape index (κ2) is 2.90. The molecule has 0 radical (unpaired) electrons. The van der Waals surface area contributed by atoms with Crippen LogP contribution in [-0.2, 0) is 10.0 Å². The molecule has 0 unspecified atom stereocenters. The van der Waals surface area contributed by atoms with E-state index < -0.39 is 10.0 Å². The molecule has 0 spiro atoms. The number of rotatable bonds is 0. The Hall–Kier alpha value is 0.260. The van der Waals surface area contributed by atoms with E-state index in [2.05, 4.69) is 4.72 Å². The molecule has 0 bridgehead atoms. The molecule has 1 aliphatic rings. The van der Waals surface area contributed by atoms with Gasteiger partial charge in [-0.1, -0.05) is 0 Å². The van der Waals surface area contributed by atoms with Crippen LogP contribution in [0.4, 0.5) is 0 Å². The van der Waals surface area contributed by atoms with E-state index in [0.29, 0.717) is 6.54 Å². The summed E-state index contributed by atoms with van der Waals surface area (Å²) in [6.07, 6.45) is 0.948. The Bertz CT molecular complexity index is 161. The van der Waals surface area contributed by atoms with Gasteiger partial charge in [0.05, 0.1) is 0 Å². The predicted molar refractivity (Wildman–Crippen MR) is 38.9 cm³/mol. The zero-order valence-corrected chi connectivity index (χ0v) is 6.59. The van der Waals surface area contributed by atoms with Gasteiger partial charge in [-0.3, -0.25) is 0 Å². The molecule has 3 nitrogen and oxygen atoms in total. The highest BCUT2D eigenvalue weighted by molar-refractivity contribution is 8.11. The highest BCUT2D eigenvalue weighted by atomic mass is 32.3. The molecular formula is C4H9NO2S2. The van der Waals surface area contributed by atoms with Gasteiger partial charge < -0.3 is 0 Å². The number of sulfonamides is 1. The molecule has 0 saturated carbocycles. The average molecular weight is 167 g/mol. The molecule has 0 aromatic carbocycles. The summed E-state index contributed by atoms with van der Waals surface area (Å²) in [5.41, 5.74) is 0. The Kier molecular flexibility index (Phi) is 2.37. The van der Waals surface area contributed by atoms with Gasteiger partial charge in [-0.25, -0.2) is 13.1 Å². The molecule has 0 aliphatic carbocycles. The lowest BCUT2D eigenvalue weighted by Gasteiger charge is -1.96. The minimum absolute atomic E-state index is 0.229. The monoisotopic (exact) mass is 167 g/mol. The molecule has 1 rings (SSSR count). The third kappa shape index (κ3) is 2.55. The van der Waals surface area contributed by atoms with E-state index >= 15 is 0 Å². The van der Waals surface area contributed by atoms with Crippen molar-refractivity contribution in [2.24, 2.45) is 0 Å². The zero-order valence-electron chi connectivity index (χ0n) is 4.96. The Morgan fingerprint density at radius 3 is 3.00 bits per heavy atom. The van der Waals surface area contributed by atoms with Crippen molar-refractivity contribution in [3.63, 3.8) is 0 Å². The van der Waals surface area contributed by atoms with Crippen LogP contribution in [0.3, 0.4) is 0 Å². The summed E-state index contributed by atoms with van der Waals surface area (Å²) >= 11 is 1.47. The van der Waals surface area contributed by atoms with Crippen LogP contribution in [0.5, 0.6) is 0 Å². The Morgan fingerprint density at radius 2 is 2.22 bits per heavy atom. The fourth-order valence-electron chi connectivity index (χ4n) is 0.612. The second-order valence-corrected chi connectivity index (χ2v) is 5.17. The Labute approximate surface area is 59.3 Å². The molecular weight excluding hydrogens is 158 g/mol.